The van der Waals surface area contributed by atoms with Crippen molar-refractivity contribution in [2.75, 3.05) is 26.3 Å². The third kappa shape index (κ3) is 4.67. The quantitative estimate of drug-likeness (QED) is 0.779. The van der Waals surface area contributed by atoms with Crippen molar-refractivity contribution in [2.45, 2.75) is 90.8 Å². The molecule has 0 N–H and O–H groups in total. The maximum absolute atomic E-state index is 5.91. The van der Waals surface area contributed by atoms with Gasteiger partial charge in [0, 0.05) is 37.3 Å². The Morgan fingerprint density at radius 1 is 0.909 bits per heavy atom. The average molecular weight is 312 g/mol. The largest absolute Gasteiger partial charge is 0.376 e. The summed E-state index contributed by atoms with van der Waals surface area (Å²) in [5.41, 5.74) is 0. The summed E-state index contributed by atoms with van der Waals surface area (Å²) in [5.74, 6) is 0. The number of hydrogen-bond donors (Lipinski definition) is 0. The molecule has 2 fully saturated rings. The molecular weight excluding hydrogens is 276 g/mol. The van der Waals surface area contributed by atoms with Gasteiger partial charge in [-0.2, -0.15) is 0 Å². The minimum absolute atomic E-state index is 0.365. The molecule has 2 aliphatic rings. The number of nitrogens with zero attached hydrogens (tertiary/aromatic N) is 2. The Balaban J connectivity index is 1.85. The van der Waals surface area contributed by atoms with Gasteiger partial charge in [0.2, 0.25) is 0 Å². The minimum Gasteiger partial charge on any atom is -0.376 e. The van der Waals surface area contributed by atoms with E-state index in [9.17, 15) is 0 Å². The fourth-order valence-electron chi connectivity index (χ4n) is 3.89. The molecule has 0 bridgehead atoms. The molecule has 22 heavy (non-hydrogen) atoms. The zero-order chi connectivity index (χ0) is 16.3. The molecule has 0 aromatic heterocycles. The van der Waals surface area contributed by atoms with Gasteiger partial charge < -0.3 is 9.47 Å². The van der Waals surface area contributed by atoms with Crippen LogP contribution in [-0.4, -0.2) is 72.5 Å². The predicted octanol–water partition coefficient (Wildman–Crippen LogP) is 2.76. The summed E-state index contributed by atoms with van der Waals surface area (Å²) in [6.07, 6.45) is 3.20. The zero-order valence-electron chi connectivity index (χ0n) is 15.4. The summed E-state index contributed by atoms with van der Waals surface area (Å²) >= 11 is 0. The first-order valence-electron chi connectivity index (χ1n) is 9.13. The summed E-state index contributed by atoms with van der Waals surface area (Å²) in [7, 11) is 0. The van der Waals surface area contributed by atoms with Gasteiger partial charge in [0.25, 0.3) is 0 Å². The maximum Gasteiger partial charge on any atom is 0.0674 e. The van der Waals surface area contributed by atoms with Crippen molar-refractivity contribution in [3.63, 3.8) is 0 Å². The van der Waals surface area contributed by atoms with E-state index in [1.54, 1.807) is 0 Å². The molecule has 0 amide bonds. The van der Waals surface area contributed by atoms with Crippen LogP contribution in [0.4, 0.5) is 0 Å². The first-order chi connectivity index (χ1) is 10.4. The minimum atomic E-state index is 0.365. The van der Waals surface area contributed by atoms with Crippen molar-refractivity contribution >= 4 is 0 Å². The first kappa shape index (κ1) is 18.2. The molecule has 4 nitrogen and oxygen atoms in total. The fourth-order valence-corrected chi connectivity index (χ4v) is 3.89. The summed E-state index contributed by atoms with van der Waals surface area (Å²) < 4.78 is 11.7. The zero-order valence-corrected chi connectivity index (χ0v) is 15.4. The van der Waals surface area contributed by atoms with Crippen molar-refractivity contribution < 1.29 is 9.47 Å². The second-order valence-electron chi connectivity index (χ2n) is 7.70. The summed E-state index contributed by atoms with van der Waals surface area (Å²) in [4.78, 5) is 5.26. The lowest BCUT2D eigenvalue weighted by Crippen LogP contribution is -2.53. The lowest BCUT2D eigenvalue weighted by molar-refractivity contribution is -0.0788. The van der Waals surface area contributed by atoms with Crippen molar-refractivity contribution in [1.29, 1.82) is 0 Å². The SMILES string of the molecule is CC(C)N1C[C@H](C)OC[C@H]1CCC(C)N1C[C@H](C)OC[C@@H]1C. The Bertz CT molecular complexity index is 337. The van der Waals surface area contributed by atoms with Gasteiger partial charge >= 0.3 is 0 Å². The Labute approximate surface area is 137 Å². The van der Waals surface area contributed by atoms with Crippen LogP contribution in [0.15, 0.2) is 0 Å². The second kappa shape index (κ2) is 8.09. The van der Waals surface area contributed by atoms with E-state index in [1.807, 2.05) is 0 Å². The number of ether oxygens (including phenoxy) is 2. The third-order valence-corrected chi connectivity index (χ3v) is 5.31. The molecule has 130 valence electrons. The lowest BCUT2D eigenvalue weighted by Gasteiger charge is -2.43. The smallest absolute Gasteiger partial charge is 0.0674 e. The van der Waals surface area contributed by atoms with E-state index in [2.05, 4.69) is 51.3 Å². The third-order valence-electron chi connectivity index (χ3n) is 5.31. The maximum atomic E-state index is 5.91. The molecule has 5 atom stereocenters. The van der Waals surface area contributed by atoms with Crippen LogP contribution in [0.1, 0.15) is 54.4 Å². The second-order valence-corrected chi connectivity index (χ2v) is 7.70. The van der Waals surface area contributed by atoms with Gasteiger partial charge in [-0.1, -0.05) is 0 Å². The van der Waals surface area contributed by atoms with E-state index in [0.29, 0.717) is 36.4 Å². The summed E-state index contributed by atoms with van der Waals surface area (Å²) in [5, 5.41) is 0. The number of hydrogen-bond acceptors (Lipinski definition) is 4. The van der Waals surface area contributed by atoms with E-state index in [0.717, 1.165) is 26.3 Å². The van der Waals surface area contributed by atoms with Crippen molar-refractivity contribution in [3.8, 4) is 0 Å². The van der Waals surface area contributed by atoms with E-state index in [-0.39, 0.29) is 0 Å². The summed E-state index contributed by atoms with van der Waals surface area (Å²) in [6, 6.07) is 2.34. The molecule has 4 heteroatoms. The fraction of sp³-hybridized carbons (Fsp3) is 1.00. The van der Waals surface area contributed by atoms with Gasteiger partial charge in [0.05, 0.1) is 25.4 Å². The van der Waals surface area contributed by atoms with E-state index in [4.69, 9.17) is 9.47 Å². The van der Waals surface area contributed by atoms with Gasteiger partial charge in [0.1, 0.15) is 0 Å². The van der Waals surface area contributed by atoms with Crippen LogP contribution in [0.5, 0.6) is 0 Å². The highest BCUT2D eigenvalue weighted by Gasteiger charge is 2.31. The van der Waals surface area contributed by atoms with E-state index >= 15 is 0 Å². The highest BCUT2D eigenvalue weighted by atomic mass is 16.5. The monoisotopic (exact) mass is 312 g/mol. The van der Waals surface area contributed by atoms with Crippen LogP contribution >= 0.6 is 0 Å². The molecule has 2 rings (SSSR count). The topological polar surface area (TPSA) is 24.9 Å². The van der Waals surface area contributed by atoms with Crippen LogP contribution in [0, 0.1) is 0 Å². The van der Waals surface area contributed by atoms with Crippen LogP contribution < -0.4 is 0 Å². The summed E-state index contributed by atoms with van der Waals surface area (Å²) in [6.45, 7) is 17.5. The Morgan fingerprint density at radius 2 is 1.50 bits per heavy atom. The highest BCUT2D eigenvalue weighted by molar-refractivity contribution is 4.84. The molecule has 0 aromatic rings. The molecule has 2 saturated heterocycles. The molecular formula is C18H36N2O2. The molecule has 0 spiro atoms. The molecule has 0 saturated carbocycles. The van der Waals surface area contributed by atoms with Gasteiger partial charge in [-0.15, -0.1) is 0 Å². The normalized spacial score (nSPS) is 36.7. The Morgan fingerprint density at radius 3 is 2.14 bits per heavy atom. The van der Waals surface area contributed by atoms with Gasteiger partial charge in [-0.05, 0) is 54.4 Å². The van der Waals surface area contributed by atoms with Gasteiger partial charge in [-0.3, -0.25) is 9.80 Å². The van der Waals surface area contributed by atoms with Gasteiger partial charge in [-0.25, -0.2) is 0 Å². The predicted molar refractivity (Wildman–Crippen MR) is 91.3 cm³/mol. The molecule has 0 aliphatic carbocycles. The number of morpholine rings is 2. The van der Waals surface area contributed by atoms with Gasteiger partial charge in [0.15, 0.2) is 0 Å². The molecule has 0 aromatic carbocycles. The first-order valence-corrected chi connectivity index (χ1v) is 9.13. The lowest BCUT2D eigenvalue weighted by atomic mass is 10.0. The van der Waals surface area contributed by atoms with E-state index < -0.39 is 0 Å². The standard InChI is InChI=1S/C18H36N2O2/c1-13(2)19-9-16(5)22-12-18(19)8-7-14(3)20-10-17(6)21-11-15(20)4/h13-18H,7-12H2,1-6H3/t14?,15-,16-,17-,18+/m0/s1. The average Bonchev–Trinajstić information content (AvgIpc) is 2.48. The molecule has 1 unspecified atom stereocenters. The Kier molecular flexibility index (Phi) is 6.69. The van der Waals surface area contributed by atoms with Crippen molar-refractivity contribution in [2.24, 2.45) is 0 Å². The van der Waals surface area contributed by atoms with Crippen molar-refractivity contribution in [1.82, 2.24) is 9.80 Å². The molecule has 2 heterocycles. The van der Waals surface area contributed by atoms with Crippen LogP contribution in [-0.2, 0) is 9.47 Å². The Hall–Kier alpha value is -0.160. The van der Waals surface area contributed by atoms with Crippen molar-refractivity contribution in [3.05, 3.63) is 0 Å². The van der Waals surface area contributed by atoms with Crippen LogP contribution in [0.2, 0.25) is 0 Å². The molecule has 0 radical (unpaired) electrons. The number of rotatable bonds is 5. The van der Waals surface area contributed by atoms with E-state index in [1.165, 1.54) is 12.8 Å². The van der Waals surface area contributed by atoms with Crippen LogP contribution in [0.25, 0.3) is 0 Å². The highest BCUT2D eigenvalue weighted by Crippen LogP contribution is 2.22. The molecule has 2 aliphatic heterocycles. The van der Waals surface area contributed by atoms with Crippen LogP contribution in [0.3, 0.4) is 0 Å².